The van der Waals surface area contributed by atoms with E-state index < -0.39 is 0 Å². The number of nitrogens with two attached hydrogens (primary N) is 1. The molecule has 0 spiro atoms. The largest absolute Gasteiger partial charge is 0.347 e. The highest BCUT2D eigenvalue weighted by Crippen LogP contribution is 2.17. The summed E-state index contributed by atoms with van der Waals surface area (Å²) < 4.78 is 0. The zero-order valence-corrected chi connectivity index (χ0v) is 10.3. The highest BCUT2D eigenvalue weighted by Gasteiger charge is 2.17. The molecule has 0 radical (unpaired) electrons. The van der Waals surface area contributed by atoms with Crippen LogP contribution in [0.1, 0.15) is 23.3 Å². The van der Waals surface area contributed by atoms with E-state index >= 15 is 0 Å². The third-order valence-electron chi connectivity index (χ3n) is 2.66. The van der Waals surface area contributed by atoms with Crippen LogP contribution in [0.3, 0.4) is 0 Å². The van der Waals surface area contributed by atoms with Gasteiger partial charge in [0, 0.05) is 11.8 Å². The summed E-state index contributed by atoms with van der Waals surface area (Å²) in [6, 6.07) is 3.67. The van der Waals surface area contributed by atoms with Crippen molar-refractivity contribution in [2.75, 3.05) is 16.9 Å². The number of hydrogen-bond acceptors (Lipinski definition) is 5. The SMILES string of the molecule is NNc1ccc(C(=O)NC2CCCSC2)nc1. The Bertz CT molecular complexity index is 376. The van der Waals surface area contributed by atoms with Crippen molar-refractivity contribution >= 4 is 23.4 Å². The first kappa shape index (κ1) is 12.2. The molecule has 4 N–H and O–H groups in total. The molecule has 1 fully saturated rings. The van der Waals surface area contributed by atoms with E-state index in [1.165, 1.54) is 12.2 Å². The highest BCUT2D eigenvalue weighted by molar-refractivity contribution is 7.99. The fourth-order valence-corrected chi connectivity index (χ4v) is 2.80. The second-order valence-electron chi connectivity index (χ2n) is 3.96. The molecular weight excluding hydrogens is 236 g/mol. The average molecular weight is 252 g/mol. The summed E-state index contributed by atoms with van der Waals surface area (Å²) in [5.41, 5.74) is 3.60. The lowest BCUT2D eigenvalue weighted by molar-refractivity contribution is 0.0933. The third-order valence-corrected chi connectivity index (χ3v) is 3.87. The number of nitrogen functional groups attached to an aromatic ring is 1. The van der Waals surface area contributed by atoms with E-state index in [0.717, 1.165) is 12.2 Å². The Morgan fingerprint density at radius 2 is 2.41 bits per heavy atom. The molecule has 1 aliphatic heterocycles. The molecule has 5 nitrogen and oxygen atoms in total. The Hall–Kier alpha value is -1.27. The van der Waals surface area contributed by atoms with Crippen molar-refractivity contribution in [1.82, 2.24) is 10.3 Å². The Morgan fingerprint density at radius 1 is 1.53 bits per heavy atom. The van der Waals surface area contributed by atoms with Crippen LogP contribution in [0.25, 0.3) is 0 Å². The molecule has 1 aromatic rings. The summed E-state index contributed by atoms with van der Waals surface area (Å²) in [6.07, 6.45) is 3.77. The van der Waals surface area contributed by atoms with Crippen LogP contribution >= 0.6 is 11.8 Å². The van der Waals surface area contributed by atoms with E-state index in [1.54, 1.807) is 18.3 Å². The lowest BCUT2D eigenvalue weighted by Crippen LogP contribution is -2.38. The maximum atomic E-state index is 11.9. The number of anilines is 1. The topological polar surface area (TPSA) is 80.0 Å². The molecule has 1 aromatic heterocycles. The zero-order valence-electron chi connectivity index (χ0n) is 9.48. The van der Waals surface area contributed by atoms with Gasteiger partial charge in [0.15, 0.2) is 0 Å². The van der Waals surface area contributed by atoms with Gasteiger partial charge in [0.25, 0.3) is 5.91 Å². The molecule has 1 atom stereocenters. The van der Waals surface area contributed by atoms with Gasteiger partial charge in [0.05, 0.1) is 11.9 Å². The van der Waals surface area contributed by atoms with E-state index in [9.17, 15) is 4.79 Å². The van der Waals surface area contributed by atoms with Gasteiger partial charge in [-0.2, -0.15) is 11.8 Å². The molecule has 1 amide bonds. The Kier molecular flexibility index (Phi) is 4.22. The smallest absolute Gasteiger partial charge is 0.270 e. The van der Waals surface area contributed by atoms with Crippen molar-refractivity contribution in [3.8, 4) is 0 Å². The van der Waals surface area contributed by atoms with Crippen LogP contribution < -0.4 is 16.6 Å². The van der Waals surface area contributed by atoms with Crippen LogP contribution in [0.2, 0.25) is 0 Å². The highest BCUT2D eigenvalue weighted by atomic mass is 32.2. The first-order chi connectivity index (χ1) is 8.29. The molecule has 0 saturated carbocycles. The predicted octanol–water partition coefficient (Wildman–Crippen LogP) is 0.993. The van der Waals surface area contributed by atoms with Crippen LogP contribution in [-0.4, -0.2) is 28.4 Å². The Labute approximate surface area is 105 Å². The second kappa shape index (κ2) is 5.88. The van der Waals surface area contributed by atoms with Gasteiger partial charge in [0.1, 0.15) is 5.69 Å². The summed E-state index contributed by atoms with van der Waals surface area (Å²) in [5.74, 6) is 7.31. The molecule has 1 saturated heterocycles. The van der Waals surface area contributed by atoms with Crippen molar-refractivity contribution in [3.63, 3.8) is 0 Å². The van der Waals surface area contributed by atoms with Gasteiger partial charge in [-0.05, 0) is 30.7 Å². The van der Waals surface area contributed by atoms with E-state index in [2.05, 4.69) is 15.7 Å². The minimum atomic E-state index is -0.110. The Morgan fingerprint density at radius 3 is 3.00 bits per heavy atom. The maximum absolute atomic E-state index is 11.9. The summed E-state index contributed by atoms with van der Waals surface area (Å²) in [6.45, 7) is 0. The van der Waals surface area contributed by atoms with Gasteiger partial charge >= 0.3 is 0 Å². The van der Waals surface area contributed by atoms with Crippen LogP contribution in [0.5, 0.6) is 0 Å². The minimum Gasteiger partial charge on any atom is -0.347 e. The van der Waals surface area contributed by atoms with Crippen LogP contribution in [0, 0.1) is 0 Å². The first-order valence-corrected chi connectivity index (χ1v) is 6.76. The number of thioether (sulfide) groups is 1. The number of aromatic nitrogens is 1. The predicted molar refractivity (Wildman–Crippen MR) is 69.9 cm³/mol. The summed E-state index contributed by atoms with van der Waals surface area (Å²) in [5, 5.41) is 3.00. The van der Waals surface area contributed by atoms with Gasteiger partial charge in [-0.15, -0.1) is 0 Å². The normalized spacial score (nSPS) is 19.7. The maximum Gasteiger partial charge on any atom is 0.270 e. The summed E-state index contributed by atoms with van der Waals surface area (Å²) in [7, 11) is 0. The molecule has 6 heteroatoms. The standard InChI is InChI=1S/C11H16N4OS/c12-15-8-3-4-10(13-6-8)11(16)14-9-2-1-5-17-7-9/h3-4,6,9,15H,1-2,5,7,12H2,(H,14,16). The number of nitrogens with zero attached hydrogens (tertiary/aromatic N) is 1. The van der Waals surface area contributed by atoms with Crippen LogP contribution in [0.15, 0.2) is 18.3 Å². The lowest BCUT2D eigenvalue weighted by atomic mass is 10.2. The van der Waals surface area contributed by atoms with Crippen molar-refractivity contribution in [3.05, 3.63) is 24.0 Å². The molecule has 0 aromatic carbocycles. The van der Waals surface area contributed by atoms with E-state index in [-0.39, 0.29) is 11.9 Å². The van der Waals surface area contributed by atoms with Gasteiger partial charge in [0.2, 0.25) is 0 Å². The first-order valence-electron chi connectivity index (χ1n) is 5.61. The molecule has 2 heterocycles. The average Bonchev–Trinajstić information content (AvgIpc) is 2.40. The van der Waals surface area contributed by atoms with Gasteiger partial charge < -0.3 is 10.7 Å². The quantitative estimate of drug-likeness (QED) is 0.552. The molecule has 1 unspecified atom stereocenters. The molecular formula is C11H16N4OS. The van der Waals surface area contributed by atoms with E-state index in [0.29, 0.717) is 11.4 Å². The van der Waals surface area contributed by atoms with Gasteiger partial charge in [-0.1, -0.05) is 0 Å². The molecule has 2 rings (SSSR count). The molecule has 92 valence electrons. The van der Waals surface area contributed by atoms with E-state index in [4.69, 9.17) is 5.84 Å². The summed E-state index contributed by atoms with van der Waals surface area (Å²) in [4.78, 5) is 15.9. The number of amides is 1. The second-order valence-corrected chi connectivity index (χ2v) is 5.11. The minimum absolute atomic E-state index is 0.110. The number of carbonyl (C=O) groups excluding carboxylic acids is 1. The lowest BCUT2D eigenvalue weighted by Gasteiger charge is -2.22. The van der Waals surface area contributed by atoms with Crippen LogP contribution in [0.4, 0.5) is 5.69 Å². The third kappa shape index (κ3) is 3.34. The van der Waals surface area contributed by atoms with Crippen molar-refractivity contribution in [2.24, 2.45) is 5.84 Å². The number of hydrogen-bond donors (Lipinski definition) is 3. The number of hydrazine groups is 1. The fraction of sp³-hybridized carbons (Fsp3) is 0.455. The molecule has 1 aliphatic rings. The number of pyridine rings is 1. The van der Waals surface area contributed by atoms with Crippen molar-refractivity contribution in [1.29, 1.82) is 0 Å². The Balaban J connectivity index is 1.93. The number of carbonyl (C=O) groups is 1. The van der Waals surface area contributed by atoms with Gasteiger partial charge in [-0.3, -0.25) is 10.6 Å². The molecule has 17 heavy (non-hydrogen) atoms. The van der Waals surface area contributed by atoms with Crippen LogP contribution in [-0.2, 0) is 0 Å². The monoisotopic (exact) mass is 252 g/mol. The number of rotatable bonds is 3. The molecule has 0 aliphatic carbocycles. The molecule has 0 bridgehead atoms. The summed E-state index contributed by atoms with van der Waals surface area (Å²) >= 11 is 1.88. The van der Waals surface area contributed by atoms with Gasteiger partial charge in [-0.25, -0.2) is 4.98 Å². The fourth-order valence-electron chi connectivity index (χ4n) is 1.73. The van der Waals surface area contributed by atoms with Crippen molar-refractivity contribution < 1.29 is 4.79 Å². The van der Waals surface area contributed by atoms with Crippen molar-refractivity contribution in [2.45, 2.75) is 18.9 Å². The van der Waals surface area contributed by atoms with E-state index in [1.807, 2.05) is 11.8 Å². The zero-order chi connectivity index (χ0) is 12.1. The number of nitrogens with one attached hydrogen (secondary N) is 2.